The maximum atomic E-state index is 13.1. The summed E-state index contributed by atoms with van der Waals surface area (Å²) >= 11 is 0. The Morgan fingerprint density at radius 3 is 2.47 bits per heavy atom. The molecule has 1 fully saturated rings. The summed E-state index contributed by atoms with van der Waals surface area (Å²) in [5.74, 6) is 1.22. The Bertz CT molecular complexity index is 1020. The molecule has 7 heteroatoms. The van der Waals surface area contributed by atoms with E-state index in [4.69, 9.17) is 4.74 Å². The van der Waals surface area contributed by atoms with Crippen LogP contribution in [0, 0.1) is 5.82 Å². The Kier molecular flexibility index (Phi) is 6.97. The van der Waals surface area contributed by atoms with Crippen LogP contribution in [0.3, 0.4) is 0 Å². The normalized spacial score (nSPS) is 14.6. The average Bonchev–Trinajstić information content (AvgIpc) is 3.07. The topological polar surface area (TPSA) is 57.7 Å². The van der Waals surface area contributed by atoms with Crippen LogP contribution in [0.1, 0.15) is 22.3 Å². The minimum absolute atomic E-state index is 0.187. The summed E-state index contributed by atoms with van der Waals surface area (Å²) in [6.07, 6.45) is 2.72. The Morgan fingerprint density at radius 1 is 1.00 bits per heavy atom. The molecule has 1 aliphatic heterocycles. The first kappa shape index (κ1) is 21.8. The number of rotatable bonds is 6. The minimum atomic E-state index is -0.203. The molecule has 2 heterocycles. The van der Waals surface area contributed by atoms with E-state index in [1.165, 1.54) is 12.1 Å². The van der Waals surface area contributed by atoms with E-state index >= 15 is 0 Å². The summed E-state index contributed by atoms with van der Waals surface area (Å²) in [6, 6.07) is 17.5. The fourth-order valence-corrected chi connectivity index (χ4v) is 3.80. The highest BCUT2D eigenvalue weighted by Crippen LogP contribution is 2.19. The SMILES string of the molecule is COc1ccc(C(=O)Nc2ccc(N3CCCN(Cc4ccc(F)cc4)CC3)nc2)cc1. The molecule has 166 valence electrons. The fourth-order valence-electron chi connectivity index (χ4n) is 3.80. The minimum Gasteiger partial charge on any atom is -0.497 e. The van der Waals surface area contributed by atoms with E-state index < -0.39 is 0 Å². The molecule has 1 aromatic heterocycles. The van der Waals surface area contributed by atoms with Crippen LogP contribution in [0.5, 0.6) is 5.75 Å². The molecule has 0 unspecified atom stereocenters. The lowest BCUT2D eigenvalue weighted by atomic mass is 10.2. The predicted molar refractivity (Wildman–Crippen MR) is 124 cm³/mol. The van der Waals surface area contributed by atoms with Gasteiger partial charge in [-0.3, -0.25) is 9.69 Å². The van der Waals surface area contributed by atoms with Crippen LogP contribution in [-0.4, -0.2) is 49.1 Å². The van der Waals surface area contributed by atoms with Crippen molar-refractivity contribution >= 4 is 17.4 Å². The number of benzene rings is 2. The van der Waals surface area contributed by atoms with Crippen molar-refractivity contribution in [2.75, 3.05) is 43.5 Å². The molecule has 1 amide bonds. The van der Waals surface area contributed by atoms with E-state index in [0.29, 0.717) is 17.0 Å². The highest BCUT2D eigenvalue weighted by Gasteiger charge is 2.16. The molecule has 4 rings (SSSR count). The van der Waals surface area contributed by atoms with Gasteiger partial charge in [-0.05, 0) is 60.5 Å². The largest absolute Gasteiger partial charge is 0.497 e. The molecule has 1 N–H and O–H groups in total. The maximum Gasteiger partial charge on any atom is 0.255 e. The average molecular weight is 435 g/mol. The molecule has 6 nitrogen and oxygen atoms in total. The monoisotopic (exact) mass is 434 g/mol. The second-order valence-electron chi connectivity index (χ2n) is 7.83. The molecule has 0 spiro atoms. The lowest BCUT2D eigenvalue weighted by molar-refractivity contribution is 0.102. The van der Waals surface area contributed by atoms with Crippen LogP contribution in [0.4, 0.5) is 15.9 Å². The van der Waals surface area contributed by atoms with Gasteiger partial charge in [0.05, 0.1) is 19.0 Å². The lowest BCUT2D eigenvalue weighted by Crippen LogP contribution is -2.31. The quantitative estimate of drug-likeness (QED) is 0.630. The van der Waals surface area contributed by atoms with Crippen molar-refractivity contribution in [3.8, 4) is 5.75 Å². The van der Waals surface area contributed by atoms with Crippen molar-refractivity contribution in [1.29, 1.82) is 0 Å². The van der Waals surface area contributed by atoms with Gasteiger partial charge in [0.25, 0.3) is 5.91 Å². The second kappa shape index (κ2) is 10.2. The highest BCUT2D eigenvalue weighted by molar-refractivity contribution is 6.04. The Balaban J connectivity index is 1.32. The Morgan fingerprint density at radius 2 is 1.78 bits per heavy atom. The van der Waals surface area contributed by atoms with Crippen molar-refractivity contribution in [2.24, 2.45) is 0 Å². The molecule has 1 aliphatic rings. The Hall–Kier alpha value is -3.45. The smallest absolute Gasteiger partial charge is 0.255 e. The zero-order chi connectivity index (χ0) is 22.3. The molecule has 3 aromatic rings. The van der Waals surface area contributed by atoms with Crippen molar-refractivity contribution < 1.29 is 13.9 Å². The van der Waals surface area contributed by atoms with Crippen LogP contribution in [0.15, 0.2) is 66.9 Å². The van der Waals surface area contributed by atoms with Crippen molar-refractivity contribution in [1.82, 2.24) is 9.88 Å². The van der Waals surface area contributed by atoms with Gasteiger partial charge in [-0.15, -0.1) is 0 Å². The number of hydrogen-bond donors (Lipinski definition) is 1. The summed E-state index contributed by atoms with van der Waals surface area (Å²) in [5, 5.41) is 2.88. The van der Waals surface area contributed by atoms with Crippen LogP contribution in [0.25, 0.3) is 0 Å². The fraction of sp³-hybridized carbons (Fsp3) is 0.280. The number of ether oxygens (including phenoxy) is 1. The summed E-state index contributed by atoms with van der Waals surface area (Å²) in [7, 11) is 1.59. The van der Waals surface area contributed by atoms with Gasteiger partial charge in [0.2, 0.25) is 0 Å². The lowest BCUT2D eigenvalue weighted by Gasteiger charge is -2.23. The zero-order valence-corrected chi connectivity index (χ0v) is 18.1. The first-order valence-electron chi connectivity index (χ1n) is 10.7. The van der Waals surface area contributed by atoms with Gasteiger partial charge in [0.1, 0.15) is 17.4 Å². The summed E-state index contributed by atoms with van der Waals surface area (Å²) in [5.41, 5.74) is 2.33. The van der Waals surface area contributed by atoms with Crippen molar-refractivity contribution in [3.05, 3.63) is 83.8 Å². The number of methoxy groups -OCH3 is 1. The van der Waals surface area contributed by atoms with Gasteiger partial charge in [0, 0.05) is 38.3 Å². The number of anilines is 2. The number of halogens is 1. The van der Waals surface area contributed by atoms with Gasteiger partial charge in [0.15, 0.2) is 0 Å². The highest BCUT2D eigenvalue weighted by atomic mass is 19.1. The van der Waals surface area contributed by atoms with E-state index in [0.717, 1.165) is 50.5 Å². The molecular formula is C25H27FN4O2. The number of pyridine rings is 1. The molecule has 2 aromatic carbocycles. The van der Waals surface area contributed by atoms with Gasteiger partial charge >= 0.3 is 0 Å². The van der Waals surface area contributed by atoms with Crippen molar-refractivity contribution in [3.63, 3.8) is 0 Å². The van der Waals surface area contributed by atoms with Crippen LogP contribution < -0.4 is 15.0 Å². The third-order valence-corrected chi connectivity index (χ3v) is 5.59. The number of nitrogens with zero attached hydrogens (tertiary/aromatic N) is 3. The number of carbonyl (C=O) groups excluding carboxylic acids is 1. The molecular weight excluding hydrogens is 407 g/mol. The van der Waals surface area contributed by atoms with E-state index in [2.05, 4.69) is 20.1 Å². The molecule has 0 aliphatic carbocycles. The summed E-state index contributed by atoms with van der Waals surface area (Å²) < 4.78 is 18.3. The van der Waals surface area contributed by atoms with Gasteiger partial charge in [-0.1, -0.05) is 12.1 Å². The van der Waals surface area contributed by atoms with Gasteiger partial charge in [-0.2, -0.15) is 0 Å². The maximum absolute atomic E-state index is 13.1. The molecule has 1 saturated heterocycles. The van der Waals surface area contributed by atoms with Crippen LogP contribution >= 0.6 is 0 Å². The first-order chi connectivity index (χ1) is 15.6. The number of amides is 1. The second-order valence-corrected chi connectivity index (χ2v) is 7.83. The van der Waals surface area contributed by atoms with Gasteiger partial charge in [-0.25, -0.2) is 9.37 Å². The third-order valence-electron chi connectivity index (χ3n) is 5.59. The first-order valence-corrected chi connectivity index (χ1v) is 10.7. The molecule has 0 radical (unpaired) electrons. The van der Waals surface area contributed by atoms with Gasteiger partial charge < -0.3 is 15.0 Å². The van der Waals surface area contributed by atoms with E-state index in [1.54, 1.807) is 37.6 Å². The Labute approximate surface area is 187 Å². The third kappa shape index (κ3) is 5.62. The molecule has 0 bridgehead atoms. The van der Waals surface area contributed by atoms with E-state index in [1.807, 2.05) is 24.3 Å². The van der Waals surface area contributed by atoms with E-state index in [9.17, 15) is 9.18 Å². The summed E-state index contributed by atoms with van der Waals surface area (Å²) in [4.78, 5) is 21.7. The number of aromatic nitrogens is 1. The number of nitrogens with one attached hydrogen (secondary N) is 1. The zero-order valence-electron chi connectivity index (χ0n) is 18.1. The predicted octanol–water partition coefficient (Wildman–Crippen LogP) is 4.19. The van der Waals surface area contributed by atoms with E-state index in [-0.39, 0.29) is 11.7 Å². The number of carbonyl (C=O) groups is 1. The molecule has 0 saturated carbocycles. The van der Waals surface area contributed by atoms with Crippen molar-refractivity contribution in [2.45, 2.75) is 13.0 Å². The standard InChI is InChI=1S/C25H27FN4O2/c1-32-23-10-5-20(6-11-23)25(31)28-22-9-12-24(27-17-22)30-14-2-13-29(15-16-30)18-19-3-7-21(26)8-4-19/h3-12,17H,2,13-16,18H2,1H3,(H,28,31). The molecule has 0 atom stereocenters. The van der Waals surface area contributed by atoms with Crippen LogP contribution in [0.2, 0.25) is 0 Å². The summed E-state index contributed by atoms with van der Waals surface area (Å²) in [6.45, 7) is 4.51. The molecule has 32 heavy (non-hydrogen) atoms. The van der Waals surface area contributed by atoms with Crippen LogP contribution in [-0.2, 0) is 6.54 Å². The number of hydrogen-bond acceptors (Lipinski definition) is 5.